The highest BCUT2D eigenvalue weighted by Gasteiger charge is 2.31. The highest BCUT2D eigenvalue weighted by Crippen LogP contribution is 2.30. The lowest BCUT2D eigenvalue weighted by molar-refractivity contribution is -0.274. The molecular formula is C12H11F3O3. The van der Waals surface area contributed by atoms with Gasteiger partial charge in [0.1, 0.15) is 11.5 Å². The maximum absolute atomic E-state index is 12.1. The van der Waals surface area contributed by atoms with Gasteiger partial charge in [-0.15, -0.1) is 13.2 Å². The summed E-state index contributed by atoms with van der Waals surface area (Å²) in [5, 5.41) is 0. The minimum Gasteiger partial charge on any atom is -0.406 e. The van der Waals surface area contributed by atoms with Crippen LogP contribution in [0.4, 0.5) is 13.2 Å². The lowest BCUT2D eigenvalue weighted by atomic mass is 10.0. The third kappa shape index (κ3) is 3.46. The normalized spacial score (nSPS) is 20.8. The Bertz CT molecular complexity index is 442. The first kappa shape index (κ1) is 12.9. The van der Waals surface area contributed by atoms with E-state index in [1.165, 1.54) is 18.2 Å². The number of benzene rings is 1. The molecule has 1 saturated heterocycles. The molecule has 0 N–H and O–H groups in total. The molecule has 1 aliphatic heterocycles. The average Bonchev–Trinajstić information content (AvgIpc) is 2.27. The van der Waals surface area contributed by atoms with Gasteiger partial charge >= 0.3 is 6.36 Å². The van der Waals surface area contributed by atoms with Crippen molar-refractivity contribution in [2.24, 2.45) is 0 Å². The van der Waals surface area contributed by atoms with E-state index in [4.69, 9.17) is 4.74 Å². The number of rotatable bonds is 2. The van der Waals surface area contributed by atoms with Gasteiger partial charge in [0.2, 0.25) is 0 Å². The number of hydrogen-bond acceptors (Lipinski definition) is 3. The molecule has 1 aromatic carbocycles. The number of ether oxygens (including phenoxy) is 2. The first-order valence-corrected chi connectivity index (χ1v) is 5.43. The quantitative estimate of drug-likeness (QED) is 0.820. The molecule has 3 nitrogen and oxygen atoms in total. The third-order valence-corrected chi connectivity index (χ3v) is 2.58. The summed E-state index contributed by atoms with van der Waals surface area (Å²) >= 11 is 0. The summed E-state index contributed by atoms with van der Waals surface area (Å²) in [5.41, 5.74) is 0.518. The van der Waals surface area contributed by atoms with Crippen LogP contribution in [0.25, 0.3) is 0 Å². The molecule has 0 aliphatic carbocycles. The van der Waals surface area contributed by atoms with Crippen molar-refractivity contribution in [2.75, 3.05) is 6.61 Å². The molecule has 0 aromatic heterocycles. The number of hydrogen-bond donors (Lipinski definition) is 0. The molecule has 0 radical (unpaired) electrons. The van der Waals surface area contributed by atoms with Gasteiger partial charge in [-0.3, -0.25) is 4.79 Å². The average molecular weight is 260 g/mol. The van der Waals surface area contributed by atoms with E-state index in [0.29, 0.717) is 18.6 Å². The summed E-state index contributed by atoms with van der Waals surface area (Å²) in [4.78, 5) is 11.3. The number of Topliss-reactive ketones (excluding diaryl/α,β-unsaturated/α-hetero) is 1. The summed E-state index contributed by atoms with van der Waals surface area (Å²) in [7, 11) is 0. The van der Waals surface area contributed by atoms with Crippen molar-refractivity contribution >= 4 is 5.78 Å². The summed E-state index contributed by atoms with van der Waals surface area (Å²) < 4.78 is 45.4. The van der Waals surface area contributed by atoms with Crippen molar-refractivity contribution in [3.8, 4) is 5.75 Å². The lowest BCUT2D eigenvalue weighted by Gasteiger charge is -2.22. The number of carbonyl (C=O) groups is 1. The Balaban J connectivity index is 2.14. The van der Waals surface area contributed by atoms with E-state index in [-0.39, 0.29) is 18.0 Å². The van der Waals surface area contributed by atoms with E-state index in [1.54, 1.807) is 6.07 Å². The molecule has 1 heterocycles. The topological polar surface area (TPSA) is 35.5 Å². The van der Waals surface area contributed by atoms with Crippen LogP contribution in [-0.2, 0) is 9.53 Å². The molecule has 1 unspecified atom stereocenters. The summed E-state index contributed by atoms with van der Waals surface area (Å²) in [6, 6.07) is 5.52. The van der Waals surface area contributed by atoms with Crippen LogP contribution in [0.1, 0.15) is 24.5 Å². The van der Waals surface area contributed by atoms with Crippen molar-refractivity contribution in [1.29, 1.82) is 0 Å². The van der Waals surface area contributed by atoms with Crippen molar-refractivity contribution in [3.05, 3.63) is 29.8 Å². The van der Waals surface area contributed by atoms with E-state index in [2.05, 4.69) is 4.74 Å². The van der Waals surface area contributed by atoms with Crippen LogP contribution in [0.2, 0.25) is 0 Å². The van der Waals surface area contributed by atoms with Gasteiger partial charge in [-0.05, 0) is 17.7 Å². The van der Waals surface area contributed by atoms with E-state index >= 15 is 0 Å². The molecule has 0 saturated carbocycles. The second-order valence-electron chi connectivity index (χ2n) is 3.97. The minimum atomic E-state index is -4.72. The SMILES string of the molecule is O=C1CCOC(c2cccc(OC(F)(F)F)c2)C1. The summed E-state index contributed by atoms with van der Waals surface area (Å²) in [5.74, 6) is -0.255. The molecule has 18 heavy (non-hydrogen) atoms. The van der Waals surface area contributed by atoms with Crippen LogP contribution < -0.4 is 4.74 Å². The Hall–Kier alpha value is -1.56. The standard InChI is InChI=1S/C12H11F3O3/c13-12(14,15)18-10-3-1-2-8(6-10)11-7-9(16)4-5-17-11/h1-3,6,11H,4-5,7H2. The van der Waals surface area contributed by atoms with Gasteiger partial charge in [0.05, 0.1) is 12.7 Å². The fraction of sp³-hybridized carbons (Fsp3) is 0.417. The van der Waals surface area contributed by atoms with Gasteiger partial charge in [0.15, 0.2) is 0 Å². The molecule has 2 rings (SSSR count). The first-order valence-electron chi connectivity index (χ1n) is 5.43. The Morgan fingerprint density at radius 1 is 1.33 bits per heavy atom. The molecule has 0 spiro atoms. The van der Waals surface area contributed by atoms with Crippen LogP contribution in [-0.4, -0.2) is 18.8 Å². The zero-order valence-electron chi connectivity index (χ0n) is 9.37. The van der Waals surface area contributed by atoms with E-state index in [0.717, 1.165) is 0 Å². The Kier molecular flexibility index (Phi) is 3.56. The van der Waals surface area contributed by atoms with Crippen LogP contribution >= 0.6 is 0 Å². The van der Waals surface area contributed by atoms with E-state index in [9.17, 15) is 18.0 Å². The lowest BCUT2D eigenvalue weighted by Crippen LogP contribution is -2.20. The van der Waals surface area contributed by atoms with Gasteiger partial charge in [0.25, 0.3) is 0 Å². The molecule has 1 aromatic rings. The van der Waals surface area contributed by atoms with Gasteiger partial charge in [-0.1, -0.05) is 12.1 Å². The van der Waals surface area contributed by atoms with Gasteiger partial charge in [-0.25, -0.2) is 0 Å². The van der Waals surface area contributed by atoms with Crippen molar-refractivity contribution in [2.45, 2.75) is 25.3 Å². The Morgan fingerprint density at radius 3 is 2.78 bits per heavy atom. The van der Waals surface area contributed by atoms with Crippen LogP contribution in [0.3, 0.4) is 0 Å². The molecule has 1 atom stereocenters. The number of halogens is 3. The summed E-state index contributed by atoms with van der Waals surface area (Å²) in [6.07, 6.45) is -4.66. The van der Waals surface area contributed by atoms with Crippen LogP contribution in [0.5, 0.6) is 5.75 Å². The van der Waals surface area contributed by atoms with Gasteiger partial charge in [0, 0.05) is 12.8 Å². The second kappa shape index (κ2) is 4.97. The zero-order valence-corrected chi connectivity index (χ0v) is 9.37. The van der Waals surface area contributed by atoms with Gasteiger partial charge in [-0.2, -0.15) is 0 Å². The largest absolute Gasteiger partial charge is 0.573 e. The van der Waals surface area contributed by atoms with Crippen molar-refractivity contribution < 1.29 is 27.4 Å². The fourth-order valence-electron chi connectivity index (χ4n) is 1.81. The number of alkyl halides is 3. The Labute approximate surface area is 102 Å². The number of carbonyl (C=O) groups excluding carboxylic acids is 1. The molecular weight excluding hydrogens is 249 g/mol. The first-order chi connectivity index (χ1) is 8.44. The van der Waals surface area contributed by atoms with Gasteiger partial charge < -0.3 is 9.47 Å². The highest BCUT2D eigenvalue weighted by atomic mass is 19.4. The molecule has 1 aliphatic rings. The Morgan fingerprint density at radius 2 is 2.11 bits per heavy atom. The van der Waals surface area contributed by atoms with Crippen LogP contribution in [0.15, 0.2) is 24.3 Å². The van der Waals surface area contributed by atoms with E-state index in [1.807, 2.05) is 0 Å². The maximum atomic E-state index is 12.1. The molecule has 1 fully saturated rings. The predicted molar refractivity (Wildman–Crippen MR) is 56.1 cm³/mol. The zero-order chi connectivity index (χ0) is 13.2. The molecule has 0 amide bonds. The predicted octanol–water partition coefficient (Wildman–Crippen LogP) is 3.01. The van der Waals surface area contributed by atoms with Crippen molar-refractivity contribution in [1.82, 2.24) is 0 Å². The second-order valence-corrected chi connectivity index (χ2v) is 3.97. The third-order valence-electron chi connectivity index (χ3n) is 2.58. The molecule has 0 bridgehead atoms. The molecule has 98 valence electrons. The van der Waals surface area contributed by atoms with Crippen molar-refractivity contribution in [3.63, 3.8) is 0 Å². The fourth-order valence-corrected chi connectivity index (χ4v) is 1.81. The summed E-state index contributed by atoms with van der Waals surface area (Å²) in [6.45, 7) is 0.299. The monoisotopic (exact) mass is 260 g/mol. The van der Waals surface area contributed by atoms with Crippen LogP contribution in [0, 0.1) is 0 Å². The highest BCUT2D eigenvalue weighted by molar-refractivity contribution is 5.79. The number of ketones is 1. The smallest absolute Gasteiger partial charge is 0.406 e. The van der Waals surface area contributed by atoms with E-state index < -0.39 is 12.5 Å². The maximum Gasteiger partial charge on any atom is 0.573 e. The minimum absolute atomic E-state index is 0.0494. The molecule has 6 heteroatoms.